The van der Waals surface area contributed by atoms with E-state index in [2.05, 4.69) is 19.1 Å². The number of allylic oxidation sites excluding steroid dienone is 8. The zero-order valence-corrected chi connectivity index (χ0v) is 11.5. The fourth-order valence-corrected chi connectivity index (χ4v) is 4.51. The lowest BCUT2D eigenvalue weighted by molar-refractivity contribution is -0.110. The largest absolute Gasteiger partial charge is 0.290 e. The van der Waals surface area contributed by atoms with Crippen molar-refractivity contribution in [3.8, 4) is 0 Å². The average molecular weight is 252 g/mol. The van der Waals surface area contributed by atoms with Gasteiger partial charge in [-0.1, -0.05) is 30.2 Å². The van der Waals surface area contributed by atoms with Crippen LogP contribution in [0.3, 0.4) is 0 Å². The number of hydrogen-bond acceptors (Lipinski definition) is 1. The SMILES string of the molecule is CC12CCC=C1C1=C(CC2)C2C=CC(=O)C=C2CC1. The molecule has 19 heavy (non-hydrogen) atoms. The Morgan fingerprint density at radius 2 is 2.11 bits per heavy atom. The maximum absolute atomic E-state index is 11.5. The second-order valence-electron chi connectivity index (χ2n) is 6.68. The van der Waals surface area contributed by atoms with Gasteiger partial charge >= 0.3 is 0 Å². The summed E-state index contributed by atoms with van der Waals surface area (Å²) in [6.07, 6.45) is 15.6. The fraction of sp³-hybridized carbons (Fsp3) is 0.500. The summed E-state index contributed by atoms with van der Waals surface area (Å²) in [7, 11) is 0. The predicted molar refractivity (Wildman–Crippen MR) is 76.6 cm³/mol. The van der Waals surface area contributed by atoms with Crippen molar-refractivity contribution in [3.05, 3.63) is 46.6 Å². The number of hydrogen-bond donors (Lipinski definition) is 0. The molecule has 0 N–H and O–H groups in total. The minimum Gasteiger partial charge on any atom is -0.290 e. The lowest BCUT2D eigenvalue weighted by Crippen LogP contribution is -2.28. The third-order valence-electron chi connectivity index (χ3n) is 5.57. The van der Waals surface area contributed by atoms with Crippen LogP contribution in [0.4, 0.5) is 0 Å². The molecule has 0 amide bonds. The first kappa shape index (κ1) is 11.5. The van der Waals surface area contributed by atoms with Gasteiger partial charge in [-0.2, -0.15) is 0 Å². The van der Waals surface area contributed by atoms with E-state index in [4.69, 9.17) is 0 Å². The van der Waals surface area contributed by atoms with E-state index in [1.807, 2.05) is 6.08 Å². The first-order chi connectivity index (χ1) is 9.17. The molecule has 0 bridgehead atoms. The summed E-state index contributed by atoms with van der Waals surface area (Å²) in [6.45, 7) is 2.45. The van der Waals surface area contributed by atoms with Crippen molar-refractivity contribution in [2.24, 2.45) is 11.3 Å². The van der Waals surface area contributed by atoms with Gasteiger partial charge in [0.25, 0.3) is 0 Å². The van der Waals surface area contributed by atoms with E-state index < -0.39 is 0 Å². The maximum atomic E-state index is 11.5. The average Bonchev–Trinajstić information content (AvgIpc) is 2.79. The molecule has 0 saturated carbocycles. The molecule has 0 aliphatic heterocycles. The number of carbonyl (C=O) groups excluding carboxylic acids is 1. The van der Waals surface area contributed by atoms with Crippen molar-refractivity contribution in [3.63, 3.8) is 0 Å². The summed E-state index contributed by atoms with van der Waals surface area (Å²) in [5.41, 5.74) is 6.72. The van der Waals surface area contributed by atoms with Crippen molar-refractivity contribution in [1.82, 2.24) is 0 Å². The van der Waals surface area contributed by atoms with E-state index in [-0.39, 0.29) is 5.78 Å². The van der Waals surface area contributed by atoms with Crippen molar-refractivity contribution in [2.45, 2.75) is 45.4 Å². The Hall–Kier alpha value is -1.37. The lowest BCUT2D eigenvalue weighted by Gasteiger charge is -2.41. The molecule has 0 aromatic carbocycles. The Kier molecular flexibility index (Phi) is 2.30. The minimum absolute atomic E-state index is 0.177. The Bertz CT molecular complexity index is 585. The van der Waals surface area contributed by atoms with Crippen LogP contribution >= 0.6 is 0 Å². The molecule has 0 saturated heterocycles. The van der Waals surface area contributed by atoms with Crippen LogP contribution in [0.2, 0.25) is 0 Å². The predicted octanol–water partition coefficient (Wildman–Crippen LogP) is 4.28. The summed E-state index contributed by atoms with van der Waals surface area (Å²) in [4.78, 5) is 11.5. The van der Waals surface area contributed by atoms with Crippen LogP contribution in [0.15, 0.2) is 46.6 Å². The third-order valence-corrected chi connectivity index (χ3v) is 5.57. The van der Waals surface area contributed by atoms with Crippen LogP contribution in [0.1, 0.15) is 45.4 Å². The number of ketones is 1. The van der Waals surface area contributed by atoms with E-state index in [1.54, 1.807) is 22.8 Å². The van der Waals surface area contributed by atoms with E-state index in [9.17, 15) is 4.79 Å². The summed E-state index contributed by atoms with van der Waals surface area (Å²) in [6, 6.07) is 0. The molecule has 4 rings (SSSR count). The number of carbonyl (C=O) groups is 1. The fourth-order valence-electron chi connectivity index (χ4n) is 4.51. The van der Waals surface area contributed by atoms with E-state index >= 15 is 0 Å². The Balaban J connectivity index is 1.81. The van der Waals surface area contributed by atoms with Gasteiger partial charge in [0.05, 0.1) is 0 Å². The first-order valence-electron chi connectivity index (χ1n) is 7.53. The highest BCUT2D eigenvalue weighted by molar-refractivity contribution is 6.01. The van der Waals surface area contributed by atoms with E-state index in [0.29, 0.717) is 11.3 Å². The molecule has 0 radical (unpaired) electrons. The molecule has 0 heterocycles. The molecule has 0 aromatic heterocycles. The quantitative estimate of drug-likeness (QED) is 0.629. The van der Waals surface area contributed by atoms with Gasteiger partial charge in [0.1, 0.15) is 0 Å². The highest BCUT2D eigenvalue weighted by Crippen LogP contribution is 2.55. The van der Waals surface area contributed by atoms with E-state index in [0.717, 1.165) is 12.8 Å². The van der Waals surface area contributed by atoms with Gasteiger partial charge in [0, 0.05) is 5.92 Å². The van der Waals surface area contributed by atoms with Gasteiger partial charge in [-0.05, 0) is 67.2 Å². The molecular weight excluding hydrogens is 232 g/mol. The molecule has 4 aliphatic carbocycles. The highest BCUT2D eigenvalue weighted by Gasteiger charge is 2.41. The standard InChI is InChI=1S/C18H20O/c1-18-9-2-3-17(18)16-6-4-12-11-13(19)5-7-14(12)15(16)8-10-18/h3,5,7,11,14H,2,4,6,8-10H2,1H3. The molecule has 1 heteroatoms. The van der Waals surface area contributed by atoms with Crippen LogP contribution in [0.25, 0.3) is 0 Å². The molecule has 4 aliphatic rings. The van der Waals surface area contributed by atoms with Crippen molar-refractivity contribution >= 4 is 5.78 Å². The summed E-state index contributed by atoms with van der Waals surface area (Å²) >= 11 is 0. The van der Waals surface area contributed by atoms with Gasteiger partial charge in [-0.3, -0.25) is 4.79 Å². The van der Waals surface area contributed by atoms with Crippen molar-refractivity contribution < 1.29 is 4.79 Å². The highest BCUT2D eigenvalue weighted by atomic mass is 16.1. The second-order valence-corrected chi connectivity index (χ2v) is 6.68. The third kappa shape index (κ3) is 1.57. The van der Waals surface area contributed by atoms with Gasteiger partial charge in [-0.15, -0.1) is 0 Å². The monoisotopic (exact) mass is 252 g/mol. The Morgan fingerprint density at radius 1 is 1.21 bits per heavy atom. The number of fused-ring (bicyclic) bond motifs is 4. The molecule has 2 atom stereocenters. The first-order valence-corrected chi connectivity index (χ1v) is 7.53. The minimum atomic E-state index is 0.177. The van der Waals surface area contributed by atoms with Crippen molar-refractivity contribution in [2.75, 3.05) is 0 Å². The van der Waals surface area contributed by atoms with E-state index in [1.165, 1.54) is 31.3 Å². The molecular formula is C18H20O. The summed E-state index contributed by atoms with van der Waals surface area (Å²) in [5.74, 6) is 0.614. The Morgan fingerprint density at radius 3 is 3.00 bits per heavy atom. The number of rotatable bonds is 0. The van der Waals surface area contributed by atoms with Crippen LogP contribution in [-0.2, 0) is 4.79 Å². The van der Waals surface area contributed by atoms with Crippen LogP contribution in [0, 0.1) is 11.3 Å². The lowest BCUT2D eigenvalue weighted by atomic mass is 9.63. The van der Waals surface area contributed by atoms with Crippen molar-refractivity contribution in [1.29, 1.82) is 0 Å². The molecule has 0 fully saturated rings. The smallest absolute Gasteiger partial charge is 0.178 e. The molecule has 1 nitrogen and oxygen atoms in total. The maximum Gasteiger partial charge on any atom is 0.178 e. The van der Waals surface area contributed by atoms with Gasteiger partial charge in [-0.25, -0.2) is 0 Å². The summed E-state index contributed by atoms with van der Waals surface area (Å²) in [5, 5.41) is 0. The van der Waals surface area contributed by atoms with Crippen LogP contribution in [-0.4, -0.2) is 5.78 Å². The topological polar surface area (TPSA) is 17.1 Å². The van der Waals surface area contributed by atoms with Gasteiger partial charge < -0.3 is 0 Å². The summed E-state index contributed by atoms with van der Waals surface area (Å²) < 4.78 is 0. The van der Waals surface area contributed by atoms with Gasteiger partial charge in [0.2, 0.25) is 0 Å². The normalized spacial score (nSPS) is 36.5. The van der Waals surface area contributed by atoms with Crippen LogP contribution < -0.4 is 0 Å². The molecule has 0 aromatic rings. The molecule has 98 valence electrons. The molecule has 0 spiro atoms. The Labute approximate surface area is 114 Å². The molecule has 2 unspecified atom stereocenters. The van der Waals surface area contributed by atoms with Gasteiger partial charge in [0.15, 0.2) is 5.78 Å². The second kappa shape index (κ2) is 3.82. The van der Waals surface area contributed by atoms with Crippen LogP contribution in [0.5, 0.6) is 0 Å². The zero-order chi connectivity index (χ0) is 13.0. The zero-order valence-electron chi connectivity index (χ0n) is 11.5.